The lowest BCUT2D eigenvalue weighted by atomic mass is 9.93. The van der Waals surface area contributed by atoms with E-state index in [2.05, 4.69) is 25.9 Å². The molecule has 0 bridgehead atoms. The van der Waals surface area contributed by atoms with Gasteiger partial charge in [-0.15, -0.1) is 0 Å². The molecule has 0 spiro atoms. The lowest BCUT2D eigenvalue weighted by Gasteiger charge is -2.29. The number of nitrogens with one attached hydrogen (secondary N) is 3. The SMILES string of the molecule is CN1C(=O)C[C@H](C(=O)NCCOCC(C)(C)COCC(C)(C)CNC(=O)COc2ccc3c(C(=O)NCC(=O)N4CC(F)(F)C[C@H]4C#N)ccnc3c2)[C@H]1c1cccnc1. The summed E-state index contributed by atoms with van der Waals surface area (Å²) < 4.78 is 45.1. The molecule has 0 aliphatic carbocycles. The first-order valence-corrected chi connectivity index (χ1v) is 19.6. The number of pyridine rings is 2. The molecule has 322 valence electrons. The van der Waals surface area contributed by atoms with E-state index in [1.807, 2.05) is 33.8 Å². The van der Waals surface area contributed by atoms with Crippen LogP contribution in [0.15, 0.2) is 55.0 Å². The quantitative estimate of drug-likeness (QED) is 0.150. The average molecular weight is 835 g/mol. The Morgan fingerprint density at radius 1 is 1.00 bits per heavy atom. The van der Waals surface area contributed by atoms with Gasteiger partial charge in [0, 0.05) is 73.9 Å². The molecule has 3 atom stereocenters. The summed E-state index contributed by atoms with van der Waals surface area (Å²) in [6.07, 6.45) is 4.11. The number of nitrogens with zero attached hydrogens (tertiary/aromatic N) is 5. The van der Waals surface area contributed by atoms with Crippen molar-refractivity contribution in [3.63, 3.8) is 0 Å². The number of hydrogen-bond acceptors (Lipinski definition) is 11. The molecule has 4 heterocycles. The molecule has 5 rings (SSSR count). The summed E-state index contributed by atoms with van der Waals surface area (Å²) in [6, 6.07) is 9.88. The molecule has 2 aromatic heterocycles. The van der Waals surface area contributed by atoms with Gasteiger partial charge in [-0.2, -0.15) is 5.26 Å². The third-order valence-electron chi connectivity index (χ3n) is 10.2. The summed E-state index contributed by atoms with van der Waals surface area (Å²) >= 11 is 0. The van der Waals surface area contributed by atoms with Crippen molar-refractivity contribution < 1.29 is 47.0 Å². The van der Waals surface area contributed by atoms with Gasteiger partial charge in [0.15, 0.2) is 6.61 Å². The number of alkyl halides is 2. The van der Waals surface area contributed by atoms with Crippen molar-refractivity contribution in [2.75, 3.05) is 66.3 Å². The first-order valence-electron chi connectivity index (χ1n) is 19.6. The number of amides is 5. The number of rotatable bonds is 19. The van der Waals surface area contributed by atoms with Crippen molar-refractivity contribution in [1.29, 1.82) is 5.26 Å². The lowest BCUT2D eigenvalue weighted by Crippen LogP contribution is -2.43. The lowest BCUT2D eigenvalue weighted by molar-refractivity contribution is -0.131. The van der Waals surface area contributed by atoms with E-state index in [4.69, 9.17) is 19.5 Å². The van der Waals surface area contributed by atoms with Gasteiger partial charge in [-0.3, -0.25) is 33.9 Å². The number of fused-ring (bicyclic) bond motifs is 1. The van der Waals surface area contributed by atoms with Gasteiger partial charge in [0.05, 0.1) is 68.6 Å². The summed E-state index contributed by atoms with van der Waals surface area (Å²) in [5.41, 5.74) is 0.641. The summed E-state index contributed by atoms with van der Waals surface area (Å²) in [5, 5.41) is 17.8. The number of aromatic nitrogens is 2. The maximum absolute atomic E-state index is 13.8. The molecule has 3 aromatic rings. The summed E-state index contributed by atoms with van der Waals surface area (Å²) in [7, 11) is 1.70. The van der Waals surface area contributed by atoms with Crippen LogP contribution in [0.4, 0.5) is 8.78 Å². The van der Waals surface area contributed by atoms with Crippen LogP contribution in [0.1, 0.15) is 62.5 Å². The first-order chi connectivity index (χ1) is 28.4. The fourth-order valence-corrected chi connectivity index (χ4v) is 7.03. The molecule has 2 aliphatic rings. The van der Waals surface area contributed by atoms with Crippen molar-refractivity contribution in [2.24, 2.45) is 16.7 Å². The average Bonchev–Trinajstić information content (AvgIpc) is 3.70. The highest BCUT2D eigenvalue weighted by atomic mass is 19.3. The molecule has 0 unspecified atom stereocenters. The van der Waals surface area contributed by atoms with E-state index >= 15 is 0 Å². The van der Waals surface area contributed by atoms with Crippen molar-refractivity contribution in [2.45, 2.75) is 58.5 Å². The molecule has 18 heteroatoms. The Balaban J connectivity index is 0.978. The van der Waals surface area contributed by atoms with Crippen LogP contribution in [-0.2, 0) is 28.7 Å². The molecule has 60 heavy (non-hydrogen) atoms. The van der Waals surface area contributed by atoms with Crippen LogP contribution in [0.25, 0.3) is 10.9 Å². The monoisotopic (exact) mass is 834 g/mol. The fraction of sp³-hybridized carbons (Fsp3) is 0.524. The second-order valence-corrected chi connectivity index (χ2v) is 16.7. The molecule has 5 amide bonds. The van der Waals surface area contributed by atoms with Crippen LogP contribution in [0.5, 0.6) is 5.75 Å². The maximum Gasteiger partial charge on any atom is 0.268 e. The number of hydrogen-bond donors (Lipinski definition) is 3. The van der Waals surface area contributed by atoms with Gasteiger partial charge >= 0.3 is 0 Å². The predicted octanol–water partition coefficient (Wildman–Crippen LogP) is 3.04. The summed E-state index contributed by atoms with van der Waals surface area (Å²) in [4.78, 5) is 74.4. The van der Waals surface area contributed by atoms with E-state index in [1.54, 1.807) is 54.7 Å². The van der Waals surface area contributed by atoms with Gasteiger partial charge in [0.25, 0.3) is 17.7 Å². The van der Waals surface area contributed by atoms with Gasteiger partial charge in [-0.1, -0.05) is 33.8 Å². The Morgan fingerprint density at radius 3 is 2.48 bits per heavy atom. The second kappa shape index (κ2) is 19.5. The van der Waals surface area contributed by atoms with E-state index < -0.39 is 54.6 Å². The predicted molar refractivity (Wildman–Crippen MR) is 213 cm³/mol. The zero-order chi connectivity index (χ0) is 43.7. The molecule has 0 saturated carbocycles. The second-order valence-electron chi connectivity index (χ2n) is 16.7. The van der Waals surface area contributed by atoms with Crippen molar-refractivity contribution in [3.05, 3.63) is 66.1 Å². The van der Waals surface area contributed by atoms with E-state index in [0.29, 0.717) is 56.2 Å². The minimum atomic E-state index is -3.17. The summed E-state index contributed by atoms with van der Waals surface area (Å²) in [6.45, 7) is 8.24. The van der Waals surface area contributed by atoms with Gasteiger partial charge < -0.3 is 40.0 Å². The van der Waals surface area contributed by atoms with E-state index in [1.165, 1.54) is 12.3 Å². The van der Waals surface area contributed by atoms with Crippen LogP contribution in [0, 0.1) is 28.1 Å². The first kappa shape index (κ1) is 45.3. The molecular weight excluding hydrogens is 783 g/mol. The van der Waals surface area contributed by atoms with Crippen molar-refractivity contribution in [3.8, 4) is 11.8 Å². The number of likely N-dealkylation sites (tertiary alicyclic amines) is 2. The zero-order valence-electron chi connectivity index (χ0n) is 34.5. The Bertz CT molecular complexity index is 2080. The van der Waals surface area contributed by atoms with Gasteiger partial charge in [-0.05, 0) is 29.8 Å². The van der Waals surface area contributed by atoms with Crippen LogP contribution in [0.3, 0.4) is 0 Å². The molecule has 1 aromatic carbocycles. The molecule has 0 radical (unpaired) electrons. The van der Waals surface area contributed by atoms with Crippen LogP contribution in [0.2, 0.25) is 0 Å². The highest BCUT2D eigenvalue weighted by Gasteiger charge is 2.47. The number of ether oxygens (including phenoxy) is 3. The fourth-order valence-electron chi connectivity index (χ4n) is 7.03. The largest absolute Gasteiger partial charge is 0.484 e. The Kier molecular flexibility index (Phi) is 14.7. The van der Waals surface area contributed by atoms with Crippen LogP contribution < -0.4 is 20.7 Å². The molecule has 2 fully saturated rings. The maximum atomic E-state index is 13.8. The zero-order valence-corrected chi connectivity index (χ0v) is 34.5. The Morgan fingerprint density at radius 2 is 1.75 bits per heavy atom. The molecule has 2 aliphatic heterocycles. The molecule has 2 saturated heterocycles. The van der Waals surface area contributed by atoms with Crippen LogP contribution >= 0.6 is 0 Å². The number of carbonyl (C=O) groups excluding carboxylic acids is 5. The molecule has 3 N–H and O–H groups in total. The molecular formula is C42H52F2N8O8. The highest BCUT2D eigenvalue weighted by Crippen LogP contribution is 2.37. The Labute approximate surface area is 347 Å². The van der Waals surface area contributed by atoms with Gasteiger partial charge in [0.2, 0.25) is 17.7 Å². The van der Waals surface area contributed by atoms with Crippen molar-refractivity contribution >= 4 is 40.4 Å². The van der Waals surface area contributed by atoms with E-state index in [9.17, 15) is 32.8 Å². The Hall–Kier alpha value is -5.80. The highest BCUT2D eigenvalue weighted by molar-refractivity contribution is 6.07. The van der Waals surface area contributed by atoms with Gasteiger partial charge in [-0.25, -0.2) is 8.78 Å². The van der Waals surface area contributed by atoms with E-state index in [0.717, 1.165) is 10.5 Å². The minimum absolute atomic E-state index is 0.0901. The smallest absolute Gasteiger partial charge is 0.268 e. The third kappa shape index (κ3) is 12.1. The topological polar surface area (TPSA) is 205 Å². The molecule has 16 nitrogen and oxygen atoms in total. The summed E-state index contributed by atoms with van der Waals surface area (Å²) in [5.74, 6) is -5.42. The van der Waals surface area contributed by atoms with Crippen LogP contribution in [-0.4, -0.2) is 128 Å². The standard InChI is InChI=1S/C42H52F2N8O8/c1-40(2,24-59-26-41(3,4)25-58-14-13-48-39(57)32-16-35(54)51(5)37(32)27-7-6-11-46-19-27)22-50-34(53)21-60-29-8-9-30-31(10-12-47-33(30)15-29)38(56)49-20-36(55)52-23-42(43,44)17-28(52)18-45/h6-12,15,19,28,32,37H,13-14,16-17,20-26H2,1-5H3,(H,48,57)(H,49,56)(H,50,53)/t28-,32-,37+/m0/s1. The number of benzene rings is 1. The number of nitriles is 1. The third-order valence-corrected chi connectivity index (χ3v) is 10.2. The van der Waals surface area contributed by atoms with Gasteiger partial charge in [0.1, 0.15) is 11.8 Å². The van der Waals surface area contributed by atoms with E-state index in [-0.39, 0.29) is 47.8 Å². The normalized spacial score (nSPS) is 18.9. The van der Waals surface area contributed by atoms with Crippen molar-refractivity contribution in [1.82, 2.24) is 35.7 Å². The number of halogens is 2. The number of carbonyl (C=O) groups is 5. The minimum Gasteiger partial charge on any atom is -0.484 e.